The summed E-state index contributed by atoms with van der Waals surface area (Å²) in [5, 5.41) is 9.64. The van der Waals surface area contributed by atoms with Crippen LogP contribution in [0.1, 0.15) is 58.2 Å². The van der Waals surface area contributed by atoms with E-state index in [0.29, 0.717) is 0 Å². The van der Waals surface area contributed by atoms with Gasteiger partial charge in [-0.3, -0.25) is 0 Å². The summed E-state index contributed by atoms with van der Waals surface area (Å²) >= 11 is 0. The van der Waals surface area contributed by atoms with Crippen LogP contribution in [0.3, 0.4) is 0 Å². The first-order valence-corrected chi connectivity index (χ1v) is 8.26. The van der Waals surface area contributed by atoms with Gasteiger partial charge in [0.25, 0.3) is 0 Å². The monoisotopic (exact) mass is 307 g/mol. The van der Waals surface area contributed by atoms with Crippen molar-refractivity contribution < 1.29 is 9.84 Å². The number of aliphatic hydroxyl groups is 1. The van der Waals surface area contributed by atoms with E-state index in [1.807, 2.05) is 0 Å². The lowest BCUT2D eigenvalue weighted by molar-refractivity contribution is 0.142. The molecule has 3 nitrogen and oxygen atoms in total. The third kappa shape index (κ3) is 4.72. The highest BCUT2D eigenvalue weighted by Gasteiger charge is 2.26. The van der Waals surface area contributed by atoms with Crippen molar-refractivity contribution in [2.45, 2.75) is 52.5 Å². The fourth-order valence-corrected chi connectivity index (χ4v) is 2.78. The Bertz CT molecular complexity index is 463. The second kappa shape index (κ2) is 7.98. The third-order valence-electron chi connectivity index (χ3n) is 4.04. The van der Waals surface area contributed by atoms with Crippen LogP contribution in [-0.4, -0.2) is 37.3 Å². The van der Waals surface area contributed by atoms with E-state index in [2.05, 4.69) is 71.8 Å². The maximum atomic E-state index is 9.64. The van der Waals surface area contributed by atoms with Gasteiger partial charge >= 0.3 is 0 Å². The van der Waals surface area contributed by atoms with E-state index in [4.69, 9.17) is 4.74 Å². The Kier molecular flexibility index (Phi) is 6.89. The molecule has 0 radical (unpaired) electrons. The predicted molar refractivity (Wildman–Crippen MR) is 93.6 cm³/mol. The van der Waals surface area contributed by atoms with Crippen molar-refractivity contribution >= 4 is 0 Å². The molecule has 0 aromatic heterocycles. The lowest BCUT2D eigenvalue weighted by atomic mass is 9.83. The summed E-state index contributed by atoms with van der Waals surface area (Å²) in [5.41, 5.74) is 2.56. The summed E-state index contributed by atoms with van der Waals surface area (Å²) < 4.78 is 5.97. The molecule has 0 amide bonds. The first-order valence-electron chi connectivity index (χ1n) is 8.26. The van der Waals surface area contributed by atoms with Crippen LogP contribution < -0.4 is 4.74 Å². The highest BCUT2D eigenvalue weighted by Crippen LogP contribution is 2.37. The molecule has 1 aromatic rings. The lowest BCUT2D eigenvalue weighted by Crippen LogP contribution is -2.29. The first-order chi connectivity index (χ1) is 10.2. The zero-order valence-corrected chi connectivity index (χ0v) is 15.3. The minimum atomic E-state index is 0.0946. The van der Waals surface area contributed by atoms with E-state index in [1.165, 1.54) is 11.1 Å². The summed E-state index contributed by atoms with van der Waals surface area (Å²) in [6.45, 7) is 11.7. The van der Waals surface area contributed by atoms with Gasteiger partial charge in [-0.2, -0.15) is 0 Å². The SMILES string of the molecule is CCCOc1ccc(C(C)(C)C)cc1C(C(C)CO)N(C)C. The van der Waals surface area contributed by atoms with Crippen LogP contribution in [0, 0.1) is 5.92 Å². The molecule has 22 heavy (non-hydrogen) atoms. The maximum absolute atomic E-state index is 9.64. The normalized spacial score (nSPS) is 15.0. The van der Waals surface area contributed by atoms with Gasteiger partial charge in [0.1, 0.15) is 5.75 Å². The minimum absolute atomic E-state index is 0.0946. The standard InChI is InChI=1S/C19H33NO2/c1-8-11-22-17-10-9-15(19(3,4)5)12-16(17)18(20(6)7)14(2)13-21/h9-10,12,14,18,21H,8,11,13H2,1-7H3. The fourth-order valence-electron chi connectivity index (χ4n) is 2.78. The lowest BCUT2D eigenvalue weighted by Gasteiger charge is -2.32. The van der Waals surface area contributed by atoms with E-state index in [9.17, 15) is 5.11 Å². The number of hydrogen-bond donors (Lipinski definition) is 1. The van der Waals surface area contributed by atoms with E-state index in [0.717, 1.165) is 18.8 Å². The van der Waals surface area contributed by atoms with Gasteiger partial charge in [-0.15, -0.1) is 0 Å². The minimum Gasteiger partial charge on any atom is -0.493 e. The molecule has 3 heteroatoms. The van der Waals surface area contributed by atoms with E-state index < -0.39 is 0 Å². The molecule has 0 bridgehead atoms. The molecule has 1 aromatic carbocycles. The van der Waals surface area contributed by atoms with E-state index in [-0.39, 0.29) is 24.0 Å². The molecule has 0 fully saturated rings. The average Bonchev–Trinajstić information content (AvgIpc) is 2.44. The molecule has 2 unspecified atom stereocenters. The quantitative estimate of drug-likeness (QED) is 0.826. The Hall–Kier alpha value is -1.06. The Labute approximate surface area is 136 Å². The van der Waals surface area contributed by atoms with Crippen molar-refractivity contribution in [1.29, 1.82) is 0 Å². The number of ether oxygens (including phenoxy) is 1. The smallest absolute Gasteiger partial charge is 0.124 e. The fraction of sp³-hybridized carbons (Fsp3) is 0.684. The van der Waals surface area contributed by atoms with Gasteiger partial charge < -0.3 is 14.7 Å². The molecule has 0 saturated carbocycles. The molecular weight excluding hydrogens is 274 g/mol. The Morgan fingerprint density at radius 2 is 1.86 bits per heavy atom. The molecule has 0 aliphatic heterocycles. The zero-order chi connectivity index (χ0) is 16.9. The van der Waals surface area contributed by atoms with Crippen molar-refractivity contribution in [3.05, 3.63) is 29.3 Å². The predicted octanol–water partition coefficient (Wildman–Crippen LogP) is 4.00. The van der Waals surface area contributed by atoms with Crippen molar-refractivity contribution in [2.75, 3.05) is 27.3 Å². The molecule has 0 saturated heterocycles. The highest BCUT2D eigenvalue weighted by atomic mass is 16.5. The summed E-state index contributed by atoms with van der Waals surface area (Å²) in [4.78, 5) is 2.17. The Morgan fingerprint density at radius 1 is 1.23 bits per heavy atom. The first kappa shape index (κ1) is 19.0. The molecule has 2 atom stereocenters. The maximum Gasteiger partial charge on any atom is 0.124 e. The van der Waals surface area contributed by atoms with Crippen molar-refractivity contribution in [1.82, 2.24) is 4.90 Å². The van der Waals surface area contributed by atoms with Gasteiger partial charge in [0, 0.05) is 18.2 Å². The van der Waals surface area contributed by atoms with E-state index in [1.54, 1.807) is 0 Å². The largest absolute Gasteiger partial charge is 0.493 e. The topological polar surface area (TPSA) is 32.7 Å². The van der Waals surface area contributed by atoms with Gasteiger partial charge in [0.2, 0.25) is 0 Å². The Balaban J connectivity index is 3.36. The van der Waals surface area contributed by atoms with Crippen LogP contribution in [0.15, 0.2) is 18.2 Å². The van der Waals surface area contributed by atoms with Gasteiger partial charge in [-0.1, -0.05) is 40.7 Å². The molecule has 0 heterocycles. The van der Waals surface area contributed by atoms with Gasteiger partial charge in [0.15, 0.2) is 0 Å². The number of hydrogen-bond acceptors (Lipinski definition) is 3. The molecule has 126 valence electrons. The van der Waals surface area contributed by atoms with Gasteiger partial charge in [0.05, 0.1) is 6.61 Å². The molecule has 0 aliphatic rings. The third-order valence-corrected chi connectivity index (χ3v) is 4.04. The summed E-state index contributed by atoms with van der Waals surface area (Å²) in [6.07, 6.45) is 0.989. The zero-order valence-electron chi connectivity index (χ0n) is 15.3. The van der Waals surface area contributed by atoms with E-state index >= 15 is 0 Å². The molecule has 0 spiro atoms. The number of nitrogens with zero attached hydrogens (tertiary/aromatic N) is 1. The number of aliphatic hydroxyl groups excluding tert-OH is 1. The van der Waals surface area contributed by atoms with Crippen molar-refractivity contribution in [2.24, 2.45) is 5.92 Å². The van der Waals surface area contributed by atoms with Crippen LogP contribution >= 0.6 is 0 Å². The molecule has 1 N–H and O–H groups in total. The molecule has 1 rings (SSSR count). The Morgan fingerprint density at radius 3 is 2.32 bits per heavy atom. The number of benzene rings is 1. The van der Waals surface area contributed by atoms with Gasteiger partial charge in [-0.05, 0) is 49.5 Å². The summed E-state index contributed by atoms with van der Waals surface area (Å²) in [5.74, 6) is 1.09. The second-order valence-electron chi connectivity index (χ2n) is 7.42. The van der Waals surface area contributed by atoms with Crippen molar-refractivity contribution in [3.63, 3.8) is 0 Å². The highest BCUT2D eigenvalue weighted by molar-refractivity contribution is 5.42. The molecule has 0 aliphatic carbocycles. The second-order valence-corrected chi connectivity index (χ2v) is 7.42. The van der Waals surface area contributed by atoms with Crippen LogP contribution in [0.5, 0.6) is 5.75 Å². The summed E-state index contributed by atoms with van der Waals surface area (Å²) in [7, 11) is 4.12. The average molecular weight is 307 g/mol. The van der Waals surface area contributed by atoms with Crippen LogP contribution in [-0.2, 0) is 5.41 Å². The van der Waals surface area contributed by atoms with Crippen LogP contribution in [0.2, 0.25) is 0 Å². The number of rotatable bonds is 7. The summed E-state index contributed by atoms with van der Waals surface area (Å²) in [6, 6.07) is 6.64. The van der Waals surface area contributed by atoms with Crippen molar-refractivity contribution in [3.8, 4) is 5.75 Å². The van der Waals surface area contributed by atoms with Crippen LogP contribution in [0.25, 0.3) is 0 Å². The van der Waals surface area contributed by atoms with Crippen LogP contribution in [0.4, 0.5) is 0 Å². The molecular formula is C19H33NO2. The van der Waals surface area contributed by atoms with Gasteiger partial charge in [-0.25, -0.2) is 0 Å².